The minimum atomic E-state index is -0.556. The van der Waals surface area contributed by atoms with Crippen molar-refractivity contribution in [2.45, 2.75) is 27.4 Å². The second kappa shape index (κ2) is 7.45. The Bertz CT molecular complexity index is 1100. The van der Waals surface area contributed by atoms with Crippen molar-refractivity contribution in [3.05, 3.63) is 75.1 Å². The van der Waals surface area contributed by atoms with E-state index in [0.29, 0.717) is 27.8 Å². The molecule has 0 spiro atoms. The Morgan fingerprint density at radius 2 is 1.85 bits per heavy atom. The molecule has 2 aromatic carbocycles. The van der Waals surface area contributed by atoms with Gasteiger partial charge in [-0.05, 0) is 37.6 Å². The molecule has 3 rings (SSSR count). The third-order valence-corrected chi connectivity index (χ3v) is 4.11. The van der Waals surface area contributed by atoms with E-state index in [2.05, 4.69) is 5.32 Å². The number of nitrogens with one attached hydrogen (secondary N) is 1. The highest BCUT2D eigenvalue weighted by molar-refractivity contribution is 5.93. The number of carbonyl (C=O) groups excluding carboxylic acids is 2. The van der Waals surface area contributed by atoms with E-state index in [-0.39, 0.29) is 12.5 Å². The van der Waals surface area contributed by atoms with Gasteiger partial charge < -0.3 is 14.5 Å². The zero-order valence-corrected chi connectivity index (χ0v) is 15.3. The summed E-state index contributed by atoms with van der Waals surface area (Å²) in [4.78, 5) is 35.4. The van der Waals surface area contributed by atoms with E-state index < -0.39 is 11.6 Å². The summed E-state index contributed by atoms with van der Waals surface area (Å²) in [6, 6.07) is 11.8. The van der Waals surface area contributed by atoms with Crippen molar-refractivity contribution in [3.63, 3.8) is 0 Å². The van der Waals surface area contributed by atoms with Crippen molar-refractivity contribution in [2.75, 3.05) is 5.32 Å². The molecule has 3 aromatic rings. The molecule has 6 heteroatoms. The van der Waals surface area contributed by atoms with Crippen LogP contribution < -0.4 is 10.9 Å². The van der Waals surface area contributed by atoms with Crippen LogP contribution in [0.25, 0.3) is 11.0 Å². The van der Waals surface area contributed by atoms with Gasteiger partial charge in [0, 0.05) is 35.7 Å². The number of rotatable bonds is 4. The summed E-state index contributed by atoms with van der Waals surface area (Å²) in [6.07, 6.45) is 0. The fourth-order valence-corrected chi connectivity index (χ4v) is 2.89. The fraction of sp³-hybridized carbons (Fsp3) is 0.190. The molecule has 6 nitrogen and oxygen atoms in total. The lowest BCUT2D eigenvalue weighted by Gasteiger charge is -2.10. The number of carbonyl (C=O) groups is 2. The van der Waals surface area contributed by atoms with Crippen LogP contribution in [0.15, 0.2) is 51.7 Å². The number of hydrogen-bond donors (Lipinski definition) is 1. The van der Waals surface area contributed by atoms with Crippen LogP contribution in [0.4, 0.5) is 5.69 Å². The highest BCUT2D eigenvalue weighted by atomic mass is 16.5. The first kappa shape index (κ1) is 18.4. The van der Waals surface area contributed by atoms with E-state index in [1.54, 1.807) is 24.3 Å². The molecule has 0 radical (unpaired) electrons. The van der Waals surface area contributed by atoms with Gasteiger partial charge in [-0.15, -0.1) is 0 Å². The van der Waals surface area contributed by atoms with Gasteiger partial charge in [0.1, 0.15) is 12.2 Å². The molecule has 0 aliphatic heterocycles. The predicted molar refractivity (Wildman–Crippen MR) is 102 cm³/mol. The topological polar surface area (TPSA) is 85.6 Å². The minimum absolute atomic E-state index is 0.0618. The summed E-state index contributed by atoms with van der Waals surface area (Å²) in [5.41, 5.74) is 3.19. The standard InChI is InChI=1S/C21H19NO5/c1-12-4-6-17(13(2)8-12)21(25)26-11-15-9-20(24)27-19-10-16(22-14(3)23)5-7-18(15)19/h4-10H,11H2,1-3H3,(H,22,23). The summed E-state index contributed by atoms with van der Waals surface area (Å²) < 4.78 is 10.6. The summed E-state index contributed by atoms with van der Waals surface area (Å²) in [7, 11) is 0. The molecule has 0 atom stereocenters. The van der Waals surface area contributed by atoms with Gasteiger partial charge in [0.2, 0.25) is 5.91 Å². The Balaban J connectivity index is 1.87. The van der Waals surface area contributed by atoms with Crippen molar-refractivity contribution in [1.82, 2.24) is 0 Å². The molecule has 1 N–H and O–H groups in total. The van der Waals surface area contributed by atoms with E-state index in [0.717, 1.165) is 11.1 Å². The van der Waals surface area contributed by atoms with Gasteiger partial charge in [0.15, 0.2) is 0 Å². The molecule has 0 fully saturated rings. The molecule has 0 aliphatic rings. The number of benzene rings is 2. The molecule has 0 unspecified atom stereocenters. The van der Waals surface area contributed by atoms with Crippen LogP contribution in [-0.2, 0) is 16.1 Å². The SMILES string of the molecule is CC(=O)Nc1ccc2c(COC(=O)c3ccc(C)cc3C)cc(=O)oc2c1. The quantitative estimate of drug-likeness (QED) is 0.562. The maximum atomic E-state index is 12.4. The summed E-state index contributed by atoms with van der Waals surface area (Å²) in [5, 5.41) is 3.27. The molecule has 1 amide bonds. The van der Waals surface area contributed by atoms with Gasteiger partial charge in [-0.3, -0.25) is 4.79 Å². The number of anilines is 1. The number of fused-ring (bicyclic) bond motifs is 1. The van der Waals surface area contributed by atoms with Gasteiger partial charge in [-0.2, -0.15) is 0 Å². The molecule has 0 bridgehead atoms. The lowest BCUT2D eigenvalue weighted by atomic mass is 10.1. The fourth-order valence-electron chi connectivity index (χ4n) is 2.89. The van der Waals surface area contributed by atoms with Crippen LogP contribution in [0.2, 0.25) is 0 Å². The van der Waals surface area contributed by atoms with Crippen molar-refractivity contribution < 1.29 is 18.7 Å². The zero-order valence-electron chi connectivity index (χ0n) is 15.3. The minimum Gasteiger partial charge on any atom is -0.457 e. The van der Waals surface area contributed by atoms with Crippen LogP contribution in [0.1, 0.15) is 34.0 Å². The number of amides is 1. The molecule has 0 saturated carbocycles. The highest BCUT2D eigenvalue weighted by Crippen LogP contribution is 2.22. The molecular formula is C21H19NO5. The second-order valence-corrected chi connectivity index (χ2v) is 6.38. The lowest BCUT2D eigenvalue weighted by molar-refractivity contribution is -0.114. The van der Waals surface area contributed by atoms with Crippen molar-refractivity contribution >= 4 is 28.5 Å². The van der Waals surface area contributed by atoms with Crippen molar-refractivity contribution in [2.24, 2.45) is 0 Å². The average molecular weight is 365 g/mol. The normalized spacial score (nSPS) is 10.6. The largest absolute Gasteiger partial charge is 0.457 e. The third kappa shape index (κ3) is 4.23. The molecule has 1 aromatic heterocycles. The zero-order chi connectivity index (χ0) is 19.6. The van der Waals surface area contributed by atoms with Crippen LogP contribution in [-0.4, -0.2) is 11.9 Å². The Hall–Kier alpha value is -3.41. The van der Waals surface area contributed by atoms with Crippen LogP contribution in [0.5, 0.6) is 0 Å². The first-order valence-electron chi connectivity index (χ1n) is 8.42. The van der Waals surface area contributed by atoms with Crippen LogP contribution >= 0.6 is 0 Å². The van der Waals surface area contributed by atoms with Gasteiger partial charge in [0.05, 0.1) is 5.56 Å². The highest BCUT2D eigenvalue weighted by Gasteiger charge is 2.13. The lowest BCUT2D eigenvalue weighted by Crippen LogP contribution is -2.10. The van der Waals surface area contributed by atoms with Crippen molar-refractivity contribution in [1.29, 1.82) is 0 Å². The Labute approximate surface area is 155 Å². The average Bonchev–Trinajstić information content (AvgIpc) is 2.58. The number of esters is 1. The second-order valence-electron chi connectivity index (χ2n) is 6.38. The van der Waals surface area contributed by atoms with E-state index >= 15 is 0 Å². The maximum absolute atomic E-state index is 12.4. The predicted octanol–water partition coefficient (Wildman–Crippen LogP) is 3.73. The summed E-state index contributed by atoms with van der Waals surface area (Å²) in [5.74, 6) is -0.681. The maximum Gasteiger partial charge on any atom is 0.338 e. The number of ether oxygens (including phenoxy) is 1. The van der Waals surface area contributed by atoms with Gasteiger partial charge >= 0.3 is 11.6 Å². The Kier molecular flexibility index (Phi) is 5.07. The molecule has 0 aliphatic carbocycles. The molecule has 0 saturated heterocycles. The van der Waals surface area contributed by atoms with E-state index in [4.69, 9.17) is 9.15 Å². The molecule has 1 heterocycles. The van der Waals surface area contributed by atoms with Gasteiger partial charge in [-0.1, -0.05) is 17.7 Å². The molecular weight excluding hydrogens is 346 g/mol. The molecule has 138 valence electrons. The molecule has 27 heavy (non-hydrogen) atoms. The van der Waals surface area contributed by atoms with Gasteiger partial charge in [0.25, 0.3) is 0 Å². The smallest absolute Gasteiger partial charge is 0.338 e. The van der Waals surface area contributed by atoms with E-state index in [1.165, 1.54) is 13.0 Å². The third-order valence-electron chi connectivity index (χ3n) is 4.11. The summed E-state index contributed by atoms with van der Waals surface area (Å²) >= 11 is 0. The first-order valence-corrected chi connectivity index (χ1v) is 8.42. The van der Waals surface area contributed by atoms with E-state index in [1.807, 2.05) is 26.0 Å². The van der Waals surface area contributed by atoms with Gasteiger partial charge in [-0.25, -0.2) is 9.59 Å². The Morgan fingerprint density at radius 3 is 2.56 bits per heavy atom. The van der Waals surface area contributed by atoms with E-state index in [9.17, 15) is 14.4 Å². The number of aryl methyl sites for hydroxylation is 2. The monoisotopic (exact) mass is 365 g/mol. The van der Waals surface area contributed by atoms with Crippen LogP contribution in [0.3, 0.4) is 0 Å². The summed E-state index contributed by atoms with van der Waals surface area (Å²) in [6.45, 7) is 5.13. The first-order chi connectivity index (χ1) is 12.8. The number of hydrogen-bond acceptors (Lipinski definition) is 5. The Morgan fingerprint density at radius 1 is 1.07 bits per heavy atom. The van der Waals surface area contributed by atoms with Crippen molar-refractivity contribution in [3.8, 4) is 0 Å². The van der Waals surface area contributed by atoms with Crippen LogP contribution in [0, 0.1) is 13.8 Å².